The Balaban J connectivity index is 1.23. The lowest BCUT2D eigenvalue weighted by Gasteiger charge is -2.15. The Bertz CT molecular complexity index is 2150. The van der Waals surface area contributed by atoms with Crippen LogP contribution in [0.3, 0.4) is 0 Å². The number of hydrogen-bond acceptors (Lipinski definition) is 3. The number of ether oxygens (including phenoxy) is 1. The molecule has 0 bridgehead atoms. The first-order valence-corrected chi connectivity index (χ1v) is 15.3. The van der Waals surface area contributed by atoms with Crippen LogP contribution in [0.5, 0.6) is 11.5 Å². The molecule has 7 rings (SSSR count). The molecule has 0 atom stereocenters. The summed E-state index contributed by atoms with van der Waals surface area (Å²) in [5.41, 5.74) is 10.7. The van der Waals surface area contributed by atoms with Gasteiger partial charge in [0.05, 0.1) is 22.9 Å². The maximum Gasteiger partial charge on any atom is 0.137 e. The molecule has 0 aliphatic heterocycles. The predicted octanol–water partition coefficient (Wildman–Crippen LogP) is 10.1. The summed E-state index contributed by atoms with van der Waals surface area (Å²) in [5, 5.41) is 7.11. The minimum Gasteiger partial charge on any atom is -0.457 e. The molecular formula is C39H36N4O. The van der Waals surface area contributed by atoms with E-state index in [-0.39, 0.29) is 0 Å². The van der Waals surface area contributed by atoms with Crippen molar-refractivity contribution in [2.24, 2.45) is 0 Å². The van der Waals surface area contributed by atoms with Crippen molar-refractivity contribution in [3.63, 3.8) is 0 Å². The molecule has 44 heavy (non-hydrogen) atoms. The van der Waals surface area contributed by atoms with Crippen LogP contribution in [0.1, 0.15) is 48.9 Å². The van der Waals surface area contributed by atoms with Gasteiger partial charge in [0.1, 0.15) is 17.3 Å². The number of fused-ring (bicyclic) bond motifs is 3. The van der Waals surface area contributed by atoms with Gasteiger partial charge in [-0.05, 0) is 96.5 Å². The van der Waals surface area contributed by atoms with Crippen LogP contribution in [-0.2, 0) is 6.42 Å². The van der Waals surface area contributed by atoms with Gasteiger partial charge in [0.25, 0.3) is 0 Å². The molecule has 0 spiro atoms. The van der Waals surface area contributed by atoms with E-state index < -0.39 is 0 Å². The molecular weight excluding hydrogens is 540 g/mol. The van der Waals surface area contributed by atoms with Gasteiger partial charge in [-0.2, -0.15) is 5.10 Å². The first kappa shape index (κ1) is 27.7. The minimum atomic E-state index is 0.502. The van der Waals surface area contributed by atoms with Crippen LogP contribution in [0.25, 0.3) is 44.4 Å². The van der Waals surface area contributed by atoms with E-state index in [0.29, 0.717) is 5.92 Å². The standard InChI is InChI=1S/C39H36N4O/c1-6-28-20-29(25(2)3)19-27(5)39(28)30-23-41-42(24-30)31-10-9-11-32(21-31)44-33-14-15-35-34-12-7-8-13-36(34)43(37(35)22-33)38-18-26(4)16-17-40-38/h7-25H,6H2,1-5H3. The highest BCUT2D eigenvalue weighted by Gasteiger charge is 2.16. The van der Waals surface area contributed by atoms with Crippen molar-refractivity contribution >= 4 is 21.8 Å². The number of aryl methyl sites for hydroxylation is 3. The monoisotopic (exact) mass is 576 g/mol. The maximum absolute atomic E-state index is 6.47. The van der Waals surface area contributed by atoms with E-state index in [1.807, 2.05) is 47.4 Å². The summed E-state index contributed by atoms with van der Waals surface area (Å²) in [7, 11) is 0. The SMILES string of the molecule is CCc1cc(C(C)C)cc(C)c1-c1cnn(-c2cccc(Oc3ccc4c5ccccc5n(-c5cc(C)ccn5)c4c3)c2)c1. The van der Waals surface area contributed by atoms with Crippen molar-refractivity contribution in [2.75, 3.05) is 0 Å². The number of aromatic nitrogens is 4. The van der Waals surface area contributed by atoms with Crippen molar-refractivity contribution in [3.8, 4) is 34.1 Å². The van der Waals surface area contributed by atoms with Gasteiger partial charge >= 0.3 is 0 Å². The van der Waals surface area contributed by atoms with E-state index in [0.717, 1.165) is 51.4 Å². The van der Waals surface area contributed by atoms with E-state index >= 15 is 0 Å². The molecule has 5 heteroatoms. The molecule has 0 unspecified atom stereocenters. The third kappa shape index (κ3) is 4.94. The summed E-state index contributed by atoms with van der Waals surface area (Å²) in [5.74, 6) is 2.91. The first-order valence-electron chi connectivity index (χ1n) is 15.3. The molecule has 0 amide bonds. The Kier molecular flexibility index (Phi) is 7.01. The van der Waals surface area contributed by atoms with Gasteiger partial charge in [0, 0.05) is 40.9 Å². The zero-order chi connectivity index (χ0) is 30.4. The second kappa shape index (κ2) is 11.2. The van der Waals surface area contributed by atoms with E-state index in [2.05, 4.69) is 106 Å². The minimum absolute atomic E-state index is 0.502. The van der Waals surface area contributed by atoms with Gasteiger partial charge in [-0.1, -0.05) is 57.2 Å². The second-order valence-electron chi connectivity index (χ2n) is 11.9. The fourth-order valence-corrected chi connectivity index (χ4v) is 6.24. The van der Waals surface area contributed by atoms with Gasteiger partial charge in [0.15, 0.2) is 0 Å². The number of benzene rings is 4. The molecule has 0 aliphatic rings. The maximum atomic E-state index is 6.47. The molecule has 0 fully saturated rings. The number of nitrogens with zero attached hydrogens (tertiary/aromatic N) is 4. The number of pyridine rings is 1. The summed E-state index contributed by atoms with van der Waals surface area (Å²) in [6.45, 7) is 11.0. The fourth-order valence-electron chi connectivity index (χ4n) is 6.24. The quantitative estimate of drug-likeness (QED) is 0.190. The first-order chi connectivity index (χ1) is 21.4. The number of hydrogen-bond donors (Lipinski definition) is 0. The second-order valence-corrected chi connectivity index (χ2v) is 11.9. The molecule has 218 valence electrons. The van der Waals surface area contributed by atoms with Crippen LogP contribution in [0.15, 0.2) is 110 Å². The Morgan fingerprint density at radius 1 is 0.795 bits per heavy atom. The summed E-state index contributed by atoms with van der Waals surface area (Å²) in [6.07, 6.45) is 6.93. The van der Waals surface area contributed by atoms with E-state index in [1.54, 1.807) is 0 Å². The Labute approximate surface area is 258 Å². The van der Waals surface area contributed by atoms with Crippen molar-refractivity contribution in [1.29, 1.82) is 0 Å². The summed E-state index contributed by atoms with van der Waals surface area (Å²) < 4.78 is 10.6. The highest BCUT2D eigenvalue weighted by Crippen LogP contribution is 2.36. The predicted molar refractivity (Wildman–Crippen MR) is 181 cm³/mol. The van der Waals surface area contributed by atoms with Gasteiger partial charge in [-0.15, -0.1) is 0 Å². The van der Waals surface area contributed by atoms with Crippen LogP contribution < -0.4 is 4.74 Å². The van der Waals surface area contributed by atoms with E-state index in [4.69, 9.17) is 14.8 Å². The molecule has 0 saturated carbocycles. The molecule has 0 saturated heterocycles. The summed E-state index contributed by atoms with van der Waals surface area (Å²) >= 11 is 0. The van der Waals surface area contributed by atoms with Crippen molar-refractivity contribution in [3.05, 3.63) is 132 Å². The van der Waals surface area contributed by atoms with Gasteiger partial charge < -0.3 is 4.74 Å². The Hall–Kier alpha value is -5.16. The van der Waals surface area contributed by atoms with Crippen LogP contribution in [-0.4, -0.2) is 19.3 Å². The number of rotatable bonds is 7. The normalized spacial score (nSPS) is 11.6. The van der Waals surface area contributed by atoms with Crippen molar-refractivity contribution in [2.45, 2.75) is 47.0 Å². The van der Waals surface area contributed by atoms with Crippen molar-refractivity contribution < 1.29 is 4.74 Å². The molecule has 5 nitrogen and oxygen atoms in total. The smallest absolute Gasteiger partial charge is 0.137 e. The molecule has 3 aromatic heterocycles. The van der Waals surface area contributed by atoms with Crippen LogP contribution in [0.2, 0.25) is 0 Å². The topological polar surface area (TPSA) is 44.9 Å². The molecule has 0 N–H and O–H groups in total. The average Bonchev–Trinajstić information content (AvgIpc) is 3.64. The lowest BCUT2D eigenvalue weighted by atomic mass is 9.90. The summed E-state index contributed by atoms with van der Waals surface area (Å²) in [6, 6.07) is 31.6. The van der Waals surface area contributed by atoms with E-state index in [1.165, 1.54) is 33.2 Å². The Morgan fingerprint density at radius 2 is 1.61 bits per heavy atom. The van der Waals surface area contributed by atoms with Crippen LogP contribution >= 0.6 is 0 Å². The average molecular weight is 577 g/mol. The Morgan fingerprint density at radius 3 is 2.43 bits per heavy atom. The molecule has 4 aromatic carbocycles. The highest BCUT2D eigenvalue weighted by molar-refractivity contribution is 6.09. The molecule has 0 radical (unpaired) electrons. The van der Waals surface area contributed by atoms with Crippen LogP contribution in [0.4, 0.5) is 0 Å². The third-order valence-corrected chi connectivity index (χ3v) is 8.45. The van der Waals surface area contributed by atoms with Gasteiger partial charge in [-0.25, -0.2) is 9.67 Å². The van der Waals surface area contributed by atoms with Gasteiger partial charge in [0.2, 0.25) is 0 Å². The highest BCUT2D eigenvalue weighted by atomic mass is 16.5. The van der Waals surface area contributed by atoms with Gasteiger partial charge in [-0.3, -0.25) is 4.57 Å². The zero-order valence-corrected chi connectivity index (χ0v) is 25.9. The summed E-state index contributed by atoms with van der Waals surface area (Å²) in [4.78, 5) is 4.71. The molecule has 0 aliphatic carbocycles. The largest absolute Gasteiger partial charge is 0.457 e. The van der Waals surface area contributed by atoms with E-state index in [9.17, 15) is 0 Å². The fraction of sp³-hybridized carbons (Fsp3) is 0.179. The molecule has 3 heterocycles. The zero-order valence-electron chi connectivity index (χ0n) is 25.9. The lowest BCUT2D eigenvalue weighted by molar-refractivity contribution is 0.483. The molecule has 7 aromatic rings. The van der Waals surface area contributed by atoms with Crippen LogP contribution in [0, 0.1) is 13.8 Å². The lowest BCUT2D eigenvalue weighted by Crippen LogP contribution is -1.98. The third-order valence-electron chi connectivity index (χ3n) is 8.45. The number of para-hydroxylation sites is 1. The van der Waals surface area contributed by atoms with Crippen molar-refractivity contribution in [1.82, 2.24) is 19.3 Å².